The zero-order valence-electron chi connectivity index (χ0n) is 8.32. The first-order valence-electron chi connectivity index (χ1n) is 4.90. The minimum Gasteiger partial charge on any atom is -0.481 e. The quantitative estimate of drug-likeness (QED) is 0.694. The second kappa shape index (κ2) is 4.83. The van der Waals surface area contributed by atoms with Crippen LogP contribution in [0.1, 0.15) is 19.8 Å². The Bertz CT molecular complexity index is 230. The Kier molecular flexibility index (Phi) is 3.73. The standard InChI is InChI=1S/C9H16N2O3/c1-2-7(8(12)13)6-11-5-3-4-10-9(11)14/h7H,2-6H2,1H3,(H,10,14)(H,12,13). The highest BCUT2D eigenvalue weighted by Crippen LogP contribution is 2.08. The third kappa shape index (κ3) is 2.61. The molecular weight excluding hydrogens is 184 g/mol. The van der Waals surface area contributed by atoms with Gasteiger partial charge >= 0.3 is 12.0 Å². The minimum absolute atomic E-state index is 0.143. The van der Waals surface area contributed by atoms with E-state index in [2.05, 4.69) is 5.32 Å². The van der Waals surface area contributed by atoms with Crippen molar-refractivity contribution in [3.63, 3.8) is 0 Å². The second-order valence-electron chi connectivity index (χ2n) is 3.47. The third-order valence-electron chi connectivity index (χ3n) is 2.45. The molecule has 0 spiro atoms. The van der Waals surface area contributed by atoms with Gasteiger partial charge in [0.1, 0.15) is 0 Å². The van der Waals surface area contributed by atoms with Crippen LogP contribution in [0.5, 0.6) is 0 Å². The van der Waals surface area contributed by atoms with E-state index in [0.717, 1.165) is 6.42 Å². The number of rotatable bonds is 4. The zero-order chi connectivity index (χ0) is 10.6. The molecule has 80 valence electrons. The molecule has 0 aromatic carbocycles. The fourth-order valence-electron chi connectivity index (χ4n) is 1.50. The third-order valence-corrected chi connectivity index (χ3v) is 2.45. The molecule has 0 aromatic rings. The van der Waals surface area contributed by atoms with Gasteiger partial charge in [0.25, 0.3) is 0 Å². The summed E-state index contributed by atoms with van der Waals surface area (Å²) in [5, 5.41) is 11.5. The summed E-state index contributed by atoms with van der Waals surface area (Å²) in [6, 6.07) is -0.143. The van der Waals surface area contributed by atoms with Gasteiger partial charge in [-0.25, -0.2) is 4.79 Å². The lowest BCUT2D eigenvalue weighted by molar-refractivity contribution is -0.142. The molecule has 1 saturated heterocycles. The molecule has 0 saturated carbocycles. The monoisotopic (exact) mass is 200 g/mol. The number of carbonyl (C=O) groups is 2. The molecular formula is C9H16N2O3. The van der Waals surface area contributed by atoms with Crippen LogP contribution >= 0.6 is 0 Å². The molecule has 14 heavy (non-hydrogen) atoms. The normalized spacial score (nSPS) is 18.9. The number of carboxylic acids is 1. The second-order valence-corrected chi connectivity index (χ2v) is 3.47. The first kappa shape index (κ1) is 10.8. The van der Waals surface area contributed by atoms with Crippen molar-refractivity contribution < 1.29 is 14.7 Å². The number of hydrogen-bond donors (Lipinski definition) is 2. The first-order valence-corrected chi connectivity index (χ1v) is 4.90. The molecule has 0 aromatic heterocycles. The van der Waals surface area contributed by atoms with E-state index in [-0.39, 0.29) is 6.03 Å². The number of carbonyl (C=O) groups excluding carboxylic acids is 1. The van der Waals surface area contributed by atoms with Crippen molar-refractivity contribution in [2.24, 2.45) is 5.92 Å². The largest absolute Gasteiger partial charge is 0.481 e. The Morgan fingerprint density at radius 2 is 2.43 bits per heavy atom. The molecule has 1 fully saturated rings. The van der Waals surface area contributed by atoms with Gasteiger partial charge in [0, 0.05) is 19.6 Å². The lowest BCUT2D eigenvalue weighted by Crippen LogP contribution is -2.48. The highest BCUT2D eigenvalue weighted by atomic mass is 16.4. The number of urea groups is 1. The summed E-state index contributed by atoms with van der Waals surface area (Å²) in [6.07, 6.45) is 1.45. The van der Waals surface area contributed by atoms with Crippen molar-refractivity contribution in [1.29, 1.82) is 0 Å². The summed E-state index contributed by atoms with van der Waals surface area (Å²) in [5.74, 6) is -1.27. The summed E-state index contributed by atoms with van der Waals surface area (Å²) in [4.78, 5) is 23.6. The van der Waals surface area contributed by atoms with Gasteiger partial charge in [0.15, 0.2) is 0 Å². The maximum Gasteiger partial charge on any atom is 0.317 e. The van der Waals surface area contributed by atoms with E-state index in [1.54, 1.807) is 4.90 Å². The van der Waals surface area contributed by atoms with Crippen LogP contribution < -0.4 is 5.32 Å². The predicted octanol–water partition coefficient (Wildman–Crippen LogP) is 0.513. The van der Waals surface area contributed by atoms with Crippen molar-refractivity contribution in [3.05, 3.63) is 0 Å². The maximum absolute atomic E-state index is 11.3. The number of aliphatic carboxylic acids is 1. The van der Waals surface area contributed by atoms with Gasteiger partial charge in [0.2, 0.25) is 0 Å². The molecule has 2 amide bonds. The lowest BCUT2D eigenvalue weighted by Gasteiger charge is -2.29. The molecule has 5 heteroatoms. The van der Waals surface area contributed by atoms with Crippen LogP contribution in [0.2, 0.25) is 0 Å². The number of nitrogens with one attached hydrogen (secondary N) is 1. The summed E-state index contributed by atoms with van der Waals surface area (Å²) in [7, 11) is 0. The Balaban J connectivity index is 2.48. The van der Waals surface area contributed by atoms with Crippen LogP contribution in [0.15, 0.2) is 0 Å². The number of carboxylic acid groups (broad SMARTS) is 1. The van der Waals surface area contributed by atoms with Crippen LogP contribution in [0.4, 0.5) is 4.79 Å². The Morgan fingerprint density at radius 3 is 2.93 bits per heavy atom. The maximum atomic E-state index is 11.3. The van der Waals surface area contributed by atoms with Crippen molar-refractivity contribution in [2.45, 2.75) is 19.8 Å². The fraction of sp³-hybridized carbons (Fsp3) is 0.778. The van der Waals surface area contributed by atoms with E-state index < -0.39 is 11.9 Å². The van der Waals surface area contributed by atoms with Gasteiger partial charge in [-0.3, -0.25) is 4.79 Å². The van der Waals surface area contributed by atoms with Gasteiger partial charge in [-0.05, 0) is 12.8 Å². The van der Waals surface area contributed by atoms with Gasteiger partial charge in [-0.15, -0.1) is 0 Å². The molecule has 2 N–H and O–H groups in total. The summed E-state index contributed by atoms with van der Waals surface area (Å²) in [6.45, 7) is 3.49. The minimum atomic E-state index is -0.828. The predicted molar refractivity (Wildman–Crippen MR) is 51.0 cm³/mol. The van der Waals surface area contributed by atoms with Crippen LogP contribution in [-0.4, -0.2) is 41.6 Å². The average molecular weight is 200 g/mol. The van der Waals surface area contributed by atoms with E-state index >= 15 is 0 Å². The van der Waals surface area contributed by atoms with E-state index in [9.17, 15) is 9.59 Å². The molecule has 1 unspecified atom stereocenters. The molecule has 1 heterocycles. The molecule has 0 aliphatic carbocycles. The Hall–Kier alpha value is -1.26. The van der Waals surface area contributed by atoms with Crippen LogP contribution in [0.3, 0.4) is 0 Å². The molecule has 1 aliphatic heterocycles. The van der Waals surface area contributed by atoms with Crippen molar-refractivity contribution in [2.75, 3.05) is 19.6 Å². The molecule has 5 nitrogen and oxygen atoms in total. The van der Waals surface area contributed by atoms with Crippen molar-refractivity contribution >= 4 is 12.0 Å². The lowest BCUT2D eigenvalue weighted by atomic mass is 10.1. The van der Waals surface area contributed by atoms with E-state index in [1.165, 1.54) is 0 Å². The number of amides is 2. The summed E-state index contributed by atoms with van der Waals surface area (Å²) >= 11 is 0. The first-order chi connectivity index (χ1) is 6.65. The highest BCUT2D eigenvalue weighted by molar-refractivity contribution is 5.76. The van der Waals surface area contributed by atoms with Crippen LogP contribution in [-0.2, 0) is 4.79 Å². The van der Waals surface area contributed by atoms with Gasteiger partial charge in [-0.2, -0.15) is 0 Å². The van der Waals surface area contributed by atoms with Gasteiger partial charge in [0.05, 0.1) is 5.92 Å². The molecule has 1 rings (SSSR count). The molecule has 1 aliphatic rings. The highest BCUT2D eigenvalue weighted by Gasteiger charge is 2.24. The fourth-order valence-corrected chi connectivity index (χ4v) is 1.50. The topological polar surface area (TPSA) is 69.6 Å². The van der Waals surface area contributed by atoms with E-state index in [1.807, 2.05) is 6.92 Å². The van der Waals surface area contributed by atoms with Crippen molar-refractivity contribution in [1.82, 2.24) is 10.2 Å². The molecule has 0 bridgehead atoms. The van der Waals surface area contributed by atoms with Crippen molar-refractivity contribution in [3.8, 4) is 0 Å². The Morgan fingerprint density at radius 1 is 1.71 bits per heavy atom. The Labute approximate surface area is 83.1 Å². The number of hydrogen-bond acceptors (Lipinski definition) is 2. The van der Waals surface area contributed by atoms with Crippen LogP contribution in [0.25, 0.3) is 0 Å². The zero-order valence-corrected chi connectivity index (χ0v) is 8.32. The summed E-state index contributed by atoms with van der Waals surface area (Å²) < 4.78 is 0. The van der Waals surface area contributed by atoms with Gasteiger partial charge < -0.3 is 15.3 Å². The summed E-state index contributed by atoms with van der Waals surface area (Å²) in [5.41, 5.74) is 0. The van der Waals surface area contributed by atoms with Crippen LogP contribution in [0, 0.1) is 5.92 Å². The van der Waals surface area contributed by atoms with E-state index in [4.69, 9.17) is 5.11 Å². The molecule has 0 radical (unpaired) electrons. The average Bonchev–Trinajstić information content (AvgIpc) is 2.16. The van der Waals surface area contributed by atoms with E-state index in [0.29, 0.717) is 26.1 Å². The smallest absolute Gasteiger partial charge is 0.317 e. The van der Waals surface area contributed by atoms with Gasteiger partial charge in [-0.1, -0.05) is 6.92 Å². The SMILES string of the molecule is CCC(CN1CCCNC1=O)C(=O)O. The number of nitrogens with zero attached hydrogens (tertiary/aromatic N) is 1. The molecule has 1 atom stereocenters.